The Morgan fingerprint density at radius 2 is 2.11 bits per heavy atom. The third-order valence-corrected chi connectivity index (χ3v) is 2.61. The molecule has 0 aliphatic carbocycles. The van der Waals surface area contributed by atoms with Gasteiger partial charge in [-0.05, 0) is 24.4 Å². The summed E-state index contributed by atoms with van der Waals surface area (Å²) in [6.07, 6.45) is -4.79. The SMILES string of the molecule is FC(F)(F)c1ccccc1OCC1CNC(=S)O1. The standard InChI is InChI=1S/C11H10F3NO2S/c12-11(13,14)8-3-1-2-4-9(8)16-6-7-5-15-10(18)17-7/h1-4,7H,5-6H2,(H,15,18). The molecule has 0 amide bonds. The molecule has 1 aliphatic heterocycles. The maximum atomic E-state index is 12.7. The van der Waals surface area contributed by atoms with E-state index in [4.69, 9.17) is 21.7 Å². The van der Waals surface area contributed by atoms with E-state index in [1.54, 1.807) is 0 Å². The van der Waals surface area contributed by atoms with Gasteiger partial charge >= 0.3 is 6.18 Å². The quantitative estimate of drug-likeness (QED) is 0.859. The summed E-state index contributed by atoms with van der Waals surface area (Å²) in [5.74, 6) is -0.202. The fraction of sp³-hybridized carbons (Fsp3) is 0.364. The third-order valence-electron chi connectivity index (χ3n) is 2.36. The zero-order chi connectivity index (χ0) is 13.2. The summed E-state index contributed by atoms with van der Waals surface area (Å²) in [5.41, 5.74) is -0.793. The highest BCUT2D eigenvalue weighted by atomic mass is 32.1. The zero-order valence-corrected chi connectivity index (χ0v) is 9.98. The van der Waals surface area contributed by atoms with E-state index in [2.05, 4.69) is 5.32 Å². The molecular weight excluding hydrogens is 267 g/mol. The van der Waals surface area contributed by atoms with E-state index in [9.17, 15) is 13.2 Å². The largest absolute Gasteiger partial charge is 0.489 e. The second-order valence-corrected chi connectivity index (χ2v) is 4.08. The highest BCUT2D eigenvalue weighted by molar-refractivity contribution is 7.80. The van der Waals surface area contributed by atoms with Crippen molar-refractivity contribution in [1.29, 1.82) is 0 Å². The minimum absolute atomic E-state index is 0.0141. The first kappa shape index (κ1) is 12.9. The average Bonchev–Trinajstić information content (AvgIpc) is 2.72. The van der Waals surface area contributed by atoms with Crippen molar-refractivity contribution in [3.63, 3.8) is 0 Å². The Kier molecular flexibility index (Phi) is 3.60. The summed E-state index contributed by atoms with van der Waals surface area (Å²) >= 11 is 4.74. The molecule has 1 atom stereocenters. The van der Waals surface area contributed by atoms with Crippen LogP contribution in [-0.4, -0.2) is 24.4 Å². The highest BCUT2D eigenvalue weighted by Crippen LogP contribution is 2.35. The summed E-state index contributed by atoms with van der Waals surface area (Å²) in [7, 11) is 0. The molecule has 1 unspecified atom stereocenters. The summed E-state index contributed by atoms with van der Waals surface area (Å²) < 4.78 is 48.3. The monoisotopic (exact) mass is 277 g/mol. The molecular formula is C11H10F3NO2S. The molecule has 3 nitrogen and oxygen atoms in total. The van der Waals surface area contributed by atoms with Crippen LogP contribution in [0.1, 0.15) is 5.56 Å². The van der Waals surface area contributed by atoms with E-state index in [-0.39, 0.29) is 23.6 Å². The lowest BCUT2D eigenvalue weighted by molar-refractivity contribution is -0.139. The second kappa shape index (κ2) is 5.01. The number of rotatable bonds is 3. The third kappa shape index (κ3) is 3.04. The number of ether oxygens (including phenoxy) is 2. The van der Waals surface area contributed by atoms with Gasteiger partial charge in [-0.15, -0.1) is 0 Å². The van der Waals surface area contributed by atoms with E-state index >= 15 is 0 Å². The Balaban J connectivity index is 2.03. The minimum Gasteiger partial charge on any atom is -0.489 e. The molecule has 98 valence electrons. The first-order valence-electron chi connectivity index (χ1n) is 5.20. The Morgan fingerprint density at radius 3 is 2.72 bits per heavy atom. The zero-order valence-electron chi connectivity index (χ0n) is 9.16. The van der Waals surface area contributed by atoms with Gasteiger partial charge in [0.2, 0.25) is 0 Å². The molecule has 0 saturated carbocycles. The molecule has 0 bridgehead atoms. The van der Waals surface area contributed by atoms with E-state index in [0.717, 1.165) is 6.07 Å². The second-order valence-electron chi connectivity index (χ2n) is 3.71. The van der Waals surface area contributed by atoms with Crippen molar-refractivity contribution in [3.8, 4) is 5.75 Å². The van der Waals surface area contributed by atoms with Gasteiger partial charge in [-0.2, -0.15) is 13.2 Å². The number of para-hydroxylation sites is 1. The van der Waals surface area contributed by atoms with Gasteiger partial charge in [-0.1, -0.05) is 12.1 Å². The average molecular weight is 277 g/mol. The smallest absolute Gasteiger partial charge is 0.419 e. The Hall–Kier alpha value is -1.50. The molecule has 7 heteroatoms. The van der Waals surface area contributed by atoms with Crippen LogP contribution in [0.15, 0.2) is 24.3 Å². The highest BCUT2D eigenvalue weighted by Gasteiger charge is 2.34. The van der Waals surface area contributed by atoms with E-state index < -0.39 is 11.7 Å². The molecule has 1 aromatic rings. The first-order valence-corrected chi connectivity index (χ1v) is 5.61. The summed E-state index contributed by atoms with van der Waals surface area (Å²) in [5, 5.41) is 3.00. The molecule has 1 saturated heterocycles. The Labute approximate surface area is 107 Å². The first-order chi connectivity index (χ1) is 8.47. The lowest BCUT2D eigenvalue weighted by atomic mass is 10.2. The van der Waals surface area contributed by atoms with E-state index in [1.165, 1.54) is 18.2 Å². The number of hydrogen-bond acceptors (Lipinski definition) is 3. The fourth-order valence-electron chi connectivity index (χ4n) is 1.53. The number of halogens is 3. The van der Waals surface area contributed by atoms with Crippen LogP contribution in [-0.2, 0) is 10.9 Å². The Morgan fingerprint density at radius 1 is 1.39 bits per heavy atom. The Bertz CT molecular complexity index is 450. The van der Waals surface area contributed by atoms with Crippen LogP contribution >= 0.6 is 12.2 Å². The van der Waals surface area contributed by atoms with Crippen molar-refractivity contribution in [1.82, 2.24) is 5.32 Å². The maximum Gasteiger partial charge on any atom is 0.419 e. The van der Waals surface area contributed by atoms with Crippen LogP contribution in [0.5, 0.6) is 5.75 Å². The van der Waals surface area contributed by atoms with Crippen LogP contribution in [0.3, 0.4) is 0 Å². The van der Waals surface area contributed by atoms with E-state index in [0.29, 0.717) is 6.54 Å². The van der Waals surface area contributed by atoms with Gasteiger partial charge in [-0.3, -0.25) is 0 Å². The van der Waals surface area contributed by atoms with Crippen molar-refractivity contribution >= 4 is 17.4 Å². The molecule has 1 fully saturated rings. The summed E-state index contributed by atoms with van der Waals surface area (Å²) in [6, 6.07) is 5.07. The van der Waals surface area contributed by atoms with Crippen molar-refractivity contribution < 1.29 is 22.6 Å². The number of thiocarbonyl (C=S) groups is 1. The molecule has 1 aromatic carbocycles. The fourth-order valence-corrected chi connectivity index (χ4v) is 1.75. The van der Waals surface area contributed by atoms with Crippen molar-refractivity contribution in [2.24, 2.45) is 0 Å². The molecule has 1 N–H and O–H groups in total. The van der Waals surface area contributed by atoms with Gasteiger partial charge in [0.25, 0.3) is 5.17 Å². The van der Waals surface area contributed by atoms with Crippen LogP contribution in [0.2, 0.25) is 0 Å². The lowest BCUT2D eigenvalue weighted by Crippen LogP contribution is -2.22. The molecule has 0 spiro atoms. The number of benzene rings is 1. The van der Waals surface area contributed by atoms with Crippen molar-refractivity contribution in [2.75, 3.05) is 13.2 Å². The van der Waals surface area contributed by atoms with E-state index in [1.807, 2.05) is 0 Å². The van der Waals surface area contributed by atoms with Crippen LogP contribution in [0.25, 0.3) is 0 Å². The number of alkyl halides is 3. The van der Waals surface area contributed by atoms with Crippen molar-refractivity contribution in [2.45, 2.75) is 12.3 Å². The van der Waals surface area contributed by atoms with Gasteiger partial charge in [0, 0.05) is 0 Å². The predicted molar refractivity (Wildman–Crippen MR) is 62.4 cm³/mol. The summed E-state index contributed by atoms with van der Waals surface area (Å²) in [6.45, 7) is 0.452. The molecule has 18 heavy (non-hydrogen) atoms. The van der Waals surface area contributed by atoms with Gasteiger partial charge in [-0.25, -0.2) is 0 Å². The van der Waals surface area contributed by atoms with Gasteiger partial charge < -0.3 is 14.8 Å². The number of hydrogen-bond donors (Lipinski definition) is 1. The normalized spacial score (nSPS) is 19.3. The van der Waals surface area contributed by atoms with Crippen LogP contribution in [0.4, 0.5) is 13.2 Å². The van der Waals surface area contributed by atoms with Crippen LogP contribution < -0.4 is 10.1 Å². The van der Waals surface area contributed by atoms with Gasteiger partial charge in [0.05, 0.1) is 12.1 Å². The van der Waals surface area contributed by atoms with Crippen LogP contribution in [0, 0.1) is 0 Å². The number of nitrogens with one attached hydrogen (secondary N) is 1. The summed E-state index contributed by atoms with van der Waals surface area (Å²) in [4.78, 5) is 0. The maximum absolute atomic E-state index is 12.7. The molecule has 1 heterocycles. The predicted octanol–water partition coefficient (Wildman–Crippen LogP) is 2.36. The van der Waals surface area contributed by atoms with Gasteiger partial charge in [0.1, 0.15) is 12.4 Å². The van der Waals surface area contributed by atoms with Crippen molar-refractivity contribution in [3.05, 3.63) is 29.8 Å². The molecule has 1 aliphatic rings. The molecule has 0 radical (unpaired) electrons. The minimum atomic E-state index is -4.43. The topological polar surface area (TPSA) is 30.5 Å². The lowest BCUT2D eigenvalue weighted by Gasteiger charge is -2.15. The van der Waals surface area contributed by atoms with Gasteiger partial charge in [0.15, 0.2) is 6.10 Å². The molecule has 2 rings (SSSR count). The molecule has 0 aromatic heterocycles.